The van der Waals surface area contributed by atoms with Crippen molar-refractivity contribution in [2.24, 2.45) is 0 Å². The number of nitrogens with zero attached hydrogens (tertiary/aromatic N) is 1. The molecular formula is C18H12BrIN2O3S. The molecule has 0 unspecified atom stereocenters. The molecule has 0 aromatic heterocycles. The second-order valence-corrected chi connectivity index (χ2v) is 8.53. The highest BCUT2D eigenvalue weighted by molar-refractivity contribution is 14.1. The average Bonchev–Trinajstić information content (AvgIpc) is 2.86. The predicted octanol–water partition coefficient (Wildman–Crippen LogP) is 4.73. The minimum absolute atomic E-state index is 0.305. The number of amides is 3. The Morgan fingerprint density at radius 3 is 2.42 bits per heavy atom. The standard InChI is InChI=1S/C18H12BrIN2O3S/c19-12-3-1-11(2-4-12)9-15-17(24)22(18(25)26-15)10-16(23)21-14-7-5-13(20)6-8-14/h1-9H,10H2,(H,21,23)/b15-9+. The Labute approximate surface area is 176 Å². The number of carbonyl (C=O) groups is 3. The van der Waals surface area contributed by atoms with E-state index >= 15 is 0 Å². The van der Waals surface area contributed by atoms with E-state index in [2.05, 4.69) is 43.8 Å². The first-order valence-corrected chi connectivity index (χ1v) is 10.2. The van der Waals surface area contributed by atoms with Gasteiger partial charge in [-0.05, 0) is 82.4 Å². The summed E-state index contributed by atoms with van der Waals surface area (Å²) in [6, 6.07) is 14.6. The summed E-state index contributed by atoms with van der Waals surface area (Å²) in [5.74, 6) is -0.876. The van der Waals surface area contributed by atoms with E-state index in [4.69, 9.17) is 0 Å². The van der Waals surface area contributed by atoms with E-state index in [9.17, 15) is 14.4 Å². The highest BCUT2D eigenvalue weighted by Crippen LogP contribution is 2.32. The van der Waals surface area contributed by atoms with E-state index in [1.54, 1.807) is 18.2 Å². The topological polar surface area (TPSA) is 66.5 Å². The van der Waals surface area contributed by atoms with Crippen molar-refractivity contribution >= 4 is 79.1 Å². The lowest BCUT2D eigenvalue weighted by atomic mass is 10.2. The Bertz CT molecular complexity index is 898. The van der Waals surface area contributed by atoms with Crippen LogP contribution in [0.25, 0.3) is 6.08 Å². The van der Waals surface area contributed by atoms with Crippen LogP contribution in [0.3, 0.4) is 0 Å². The van der Waals surface area contributed by atoms with Gasteiger partial charge in [0.2, 0.25) is 5.91 Å². The van der Waals surface area contributed by atoms with Crippen LogP contribution in [0.15, 0.2) is 57.9 Å². The summed E-state index contributed by atoms with van der Waals surface area (Å²) < 4.78 is 1.97. The van der Waals surface area contributed by atoms with Crippen LogP contribution in [-0.4, -0.2) is 28.5 Å². The number of rotatable bonds is 4. The third-order valence-corrected chi connectivity index (χ3v) is 5.63. The first-order chi connectivity index (χ1) is 12.4. The molecule has 1 heterocycles. The maximum absolute atomic E-state index is 12.4. The zero-order valence-corrected chi connectivity index (χ0v) is 17.8. The summed E-state index contributed by atoms with van der Waals surface area (Å²) in [5, 5.41) is 2.24. The number of hydrogen-bond donors (Lipinski definition) is 1. The van der Waals surface area contributed by atoms with E-state index in [0.717, 1.165) is 30.3 Å². The molecule has 3 amide bonds. The molecule has 0 saturated carbocycles. The molecule has 1 aliphatic heterocycles. The number of thioether (sulfide) groups is 1. The Kier molecular flexibility index (Phi) is 6.15. The molecule has 1 saturated heterocycles. The van der Waals surface area contributed by atoms with Gasteiger partial charge in [-0.15, -0.1) is 0 Å². The summed E-state index contributed by atoms with van der Waals surface area (Å²) in [5.41, 5.74) is 1.43. The Hall–Kier alpha value is -1.65. The van der Waals surface area contributed by atoms with Gasteiger partial charge in [0, 0.05) is 13.7 Å². The highest BCUT2D eigenvalue weighted by Gasteiger charge is 2.36. The van der Waals surface area contributed by atoms with E-state index in [1.165, 1.54) is 0 Å². The fourth-order valence-corrected chi connectivity index (χ4v) is 3.69. The van der Waals surface area contributed by atoms with E-state index in [0.29, 0.717) is 10.6 Å². The number of imide groups is 1. The normalized spacial score (nSPS) is 15.6. The van der Waals surface area contributed by atoms with Gasteiger partial charge in [-0.1, -0.05) is 28.1 Å². The summed E-state index contributed by atoms with van der Waals surface area (Å²) >= 11 is 6.35. The summed E-state index contributed by atoms with van der Waals surface area (Å²) in [4.78, 5) is 38.0. The van der Waals surface area contributed by atoms with Crippen LogP contribution in [0.4, 0.5) is 10.5 Å². The van der Waals surface area contributed by atoms with Gasteiger partial charge >= 0.3 is 0 Å². The van der Waals surface area contributed by atoms with Gasteiger partial charge in [-0.25, -0.2) is 0 Å². The molecule has 0 aliphatic carbocycles. The molecule has 0 bridgehead atoms. The number of hydrogen-bond acceptors (Lipinski definition) is 4. The second-order valence-electron chi connectivity index (χ2n) is 5.37. The Morgan fingerprint density at radius 2 is 1.77 bits per heavy atom. The van der Waals surface area contributed by atoms with Crippen molar-refractivity contribution in [3.63, 3.8) is 0 Å². The summed E-state index contributed by atoms with van der Waals surface area (Å²) in [7, 11) is 0. The van der Waals surface area contributed by atoms with Gasteiger partial charge in [0.25, 0.3) is 11.1 Å². The summed E-state index contributed by atoms with van der Waals surface area (Å²) in [6.45, 7) is -0.311. The van der Waals surface area contributed by atoms with Crippen molar-refractivity contribution in [1.29, 1.82) is 0 Å². The summed E-state index contributed by atoms with van der Waals surface area (Å²) in [6.07, 6.45) is 1.65. The van der Waals surface area contributed by atoms with Crippen molar-refractivity contribution < 1.29 is 14.4 Å². The molecule has 26 heavy (non-hydrogen) atoms. The van der Waals surface area contributed by atoms with Gasteiger partial charge in [0.1, 0.15) is 6.54 Å². The van der Waals surface area contributed by atoms with Crippen molar-refractivity contribution in [2.45, 2.75) is 0 Å². The van der Waals surface area contributed by atoms with Crippen LogP contribution < -0.4 is 5.32 Å². The lowest BCUT2D eigenvalue weighted by Gasteiger charge is -2.12. The molecule has 132 valence electrons. The van der Waals surface area contributed by atoms with Gasteiger partial charge in [0.05, 0.1) is 4.91 Å². The van der Waals surface area contributed by atoms with Crippen LogP contribution in [0.5, 0.6) is 0 Å². The molecule has 0 atom stereocenters. The fourth-order valence-electron chi connectivity index (χ4n) is 2.22. The van der Waals surface area contributed by atoms with Gasteiger partial charge in [-0.3, -0.25) is 19.3 Å². The number of benzene rings is 2. The van der Waals surface area contributed by atoms with Gasteiger partial charge < -0.3 is 5.32 Å². The largest absolute Gasteiger partial charge is 0.325 e. The maximum atomic E-state index is 12.4. The van der Waals surface area contributed by atoms with Crippen molar-refractivity contribution in [1.82, 2.24) is 4.90 Å². The molecule has 0 radical (unpaired) electrons. The number of anilines is 1. The second kappa shape index (κ2) is 8.36. The molecule has 1 N–H and O–H groups in total. The molecule has 3 rings (SSSR count). The average molecular weight is 543 g/mol. The highest BCUT2D eigenvalue weighted by atomic mass is 127. The lowest BCUT2D eigenvalue weighted by Crippen LogP contribution is -2.36. The molecule has 2 aromatic rings. The molecular weight excluding hydrogens is 531 g/mol. The fraction of sp³-hybridized carbons (Fsp3) is 0.0556. The number of halogens is 2. The van der Waals surface area contributed by atoms with E-state index in [-0.39, 0.29) is 6.54 Å². The number of nitrogens with one attached hydrogen (secondary N) is 1. The molecule has 1 fully saturated rings. The molecule has 5 nitrogen and oxygen atoms in total. The van der Waals surface area contributed by atoms with Crippen molar-refractivity contribution in [2.75, 3.05) is 11.9 Å². The smallest absolute Gasteiger partial charge is 0.294 e. The Balaban J connectivity index is 1.67. The van der Waals surface area contributed by atoms with Crippen LogP contribution in [-0.2, 0) is 9.59 Å². The predicted molar refractivity (Wildman–Crippen MR) is 115 cm³/mol. The first kappa shape index (κ1) is 19.1. The monoisotopic (exact) mass is 542 g/mol. The molecule has 2 aromatic carbocycles. The number of carbonyl (C=O) groups excluding carboxylic acids is 3. The minimum Gasteiger partial charge on any atom is -0.325 e. The Morgan fingerprint density at radius 1 is 1.12 bits per heavy atom. The zero-order valence-electron chi connectivity index (χ0n) is 13.2. The maximum Gasteiger partial charge on any atom is 0.294 e. The minimum atomic E-state index is -0.458. The van der Waals surface area contributed by atoms with Crippen LogP contribution in [0.2, 0.25) is 0 Å². The third-order valence-electron chi connectivity index (χ3n) is 3.47. The quantitative estimate of drug-likeness (QED) is 0.448. The van der Waals surface area contributed by atoms with Crippen molar-refractivity contribution in [3.05, 3.63) is 67.0 Å². The van der Waals surface area contributed by atoms with Crippen molar-refractivity contribution in [3.8, 4) is 0 Å². The van der Waals surface area contributed by atoms with E-state index < -0.39 is 17.1 Å². The third kappa shape index (κ3) is 4.74. The molecule has 1 aliphatic rings. The van der Waals surface area contributed by atoms with Gasteiger partial charge in [-0.2, -0.15) is 0 Å². The first-order valence-electron chi connectivity index (χ1n) is 7.49. The SMILES string of the molecule is O=C(CN1C(=O)S/C(=C/c2ccc(Br)cc2)C1=O)Nc1ccc(I)cc1. The lowest BCUT2D eigenvalue weighted by molar-refractivity contribution is -0.127. The van der Waals surface area contributed by atoms with E-state index in [1.807, 2.05) is 36.4 Å². The molecule has 8 heteroatoms. The van der Waals surface area contributed by atoms with Crippen LogP contribution in [0.1, 0.15) is 5.56 Å². The van der Waals surface area contributed by atoms with Crippen LogP contribution in [0, 0.1) is 3.57 Å². The van der Waals surface area contributed by atoms with Gasteiger partial charge in [0.15, 0.2) is 0 Å². The zero-order chi connectivity index (χ0) is 18.7. The van der Waals surface area contributed by atoms with Crippen LogP contribution >= 0.6 is 50.3 Å². The molecule has 0 spiro atoms.